The Labute approximate surface area is 219 Å². The smallest absolute Gasteiger partial charge is 0.243 e. The SMILES string of the molecule is CCCNC(=O)[C@H](Cc1ccccc1)N(Cc1ccc(C)cc1)C(=O)CCc1ccc2c(c1)OCCO2. The van der Waals surface area contributed by atoms with Gasteiger partial charge in [0, 0.05) is 25.9 Å². The maximum Gasteiger partial charge on any atom is 0.243 e. The number of nitrogens with zero attached hydrogens (tertiary/aromatic N) is 1. The molecule has 1 atom stereocenters. The van der Waals surface area contributed by atoms with E-state index in [2.05, 4.69) is 5.32 Å². The van der Waals surface area contributed by atoms with E-state index in [1.165, 1.54) is 0 Å². The molecule has 0 bridgehead atoms. The van der Waals surface area contributed by atoms with Crippen molar-refractivity contribution in [2.45, 2.75) is 52.1 Å². The third kappa shape index (κ3) is 7.35. The number of carbonyl (C=O) groups is 2. The van der Waals surface area contributed by atoms with Gasteiger partial charge in [0.1, 0.15) is 19.3 Å². The van der Waals surface area contributed by atoms with Gasteiger partial charge in [0.25, 0.3) is 0 Å². The minimum atomic E-state index is -0.608. The molecule has 0 saturated carbocycles. The lowest BCUT2D eigenvalue weighted by Gasteiger charge is -2.32. The lowest BCUT2D eigenvalue weighted by Crippen LogP contribution is -2.50. The van der Waals surface area contributed by atoms with E-state index in [9.17, 15) is 9.59 Å². The van der Waals surface area contributed by atoms with Crippen LogP contribution in [0.5, 0.6) is 11.5 Å². The lowest BCUT2D eigenvalue weighted by molar-refractivity contribution is -0.141. The minimum absolute atomic E-state index is 0.0527. The van der Waals surface area contributed by atoms with Crippen molar-refractivity contribution in [3.63, 3.8) is 0 Å². The number of amides is 2. The first-order chi connectivity index (χ1) is 18.0. The summed E-state index contributed by atoms with van der Waals surface area (Å²) in [4.78, 5) is 28.9. The molecule has 0 saturated heterocycles. The highest BCUT2D eigenvalue weighted by atomic mass is 16.6. The molecule has 0 unspecified atom stereocenters. The van der Waals surface area contributed by atoms with Gasteiger partial charge >= 0.3 is 0 Å². The topological polar surface area (TPSA) is 67.9 Å². The Bertz CT molecular complexity index is 1180. The van der Waals surface area contributed by atoms with E-state index in [4.69, 9.17) is 9.47 Å². The number of aryl methyl sites for hydroxylation is 2. The molecule has 6 nitrogen and oxygen atoms in total. The molecule has 0 spiro atoms. The summed E-state index contributed by atoms with van der Waals surface area (Å²) in [5, 5.41) is 3.03. The van der Waals surface area contributed by atoms with Gasteiger partial charge in [-0.15, -0.1) is 0 Å². The molecule has 1 aliphatic rings. The summed E-state index contributed by atoms with van der Waals surface area (Å²) in [5.74, 6) is 1.28. The van der Waals surface area contributed by atoms with Crippen LogP contribution in [0, 0.1) is 6.92 Å². The van der Waals surface area contributed by atoms with Gasteiger partial charge in [-0.1, -0.05) is 73.2 Å². The van der Waals surface area contributed by atoms with E-state index in [0.29, 0.717) is 44.9 Å². The fraction of sp³-hybridized carbons (Fsp3) is 0.355. The number of benzene rings is 3. The summed E-state index contributed by atoms with van der Waals surface area (Å²) in [5.41, 5.74) is 4.18. The highest BCUT2D eigenvalue weighted by molar-refractivity contribution is 5.88. The Balaban J connectivity index is 1.57. The van der Waals surface area contributed by atoms with Crippen molar-refractivity contribution >= 4 is 11.8 Å². The lowest BCUT2D eigenvalue weighted by atomic mass is 10.0. The summed E-state index contributed by atoms with van der Waals surface area (Å²) in [6.07, 6.45) is 2.13. The van der Waals surface area contributed by atoms with Crippen molar-refractivity contribution in [1.29, 1.82) is 0 Å². The summed E-state index contributed by atoms with van der Waals surface area (Å²) in [6.45, 7) is 6.08. The van der Waals surface area contributed by atoms with Crippen LogP contribution in [0.2, 0.25) is 0 Å². The van der Waals surface area contributed by atoms with Crippen LogP contribution in [0.4, 0.5) is 0 Å². The number of nitrogens with one attached hydrogen (secondary N) is 1. The highest BCUT2D eigenvalue weighted by Gasteiger charge is 2.30. The minimum Gasteiger partial charge on any atom is -0.486 e. The maximum atomic E-state index is 13.8. The van der Waals surface area contributed by atoms with Gasteiger partial charge in [0.2, 0.25) is 11.8 Å². The molecule has 1 heterocycles. The molecule has 194 valence electrons. The molecule has 37 heavy (non-hydrogen) atoms. The number of hydrogen-bond donors (Lipinski definition) is 1. The van der Waals surface area contributed by atoms with Gasteiger partial charge in [0.05, 0.1) is 0 Å². The average molecular weight is 501 g/mol. The van der Waals surface area contributed by atoms with Crippen LogP contribution < -0.4 is 14.8 Å². The molecule has 6 heteroatoms. The number of carbonyl (C=O) groups excluding carboxylic acids is 2. The first-order valence-electron chi connectivity index (χ1n) is 13.1. The fourth-order valence-corrected chi connectivity index (χ4v) is 4.45. The third-order valence-electron chi connectivity index (χ3n) is 6.53. The van der Waals surface area contributed by atoms with Gasteiger partial charge in [-0.05, 0) is 48.6 Å². The Morgan fingerprint density at radius 3 is 2.32 bits per heavy atom. The van der Waals surface area contributed by atoms with Crippen LogP contribution in [0.3, 0.4) is 0 Å². The standard InChI is InChI=1S/C31H36N2O4/c1-3-17-32-31(35)27(20-24-7-5-4-6-8-24)33(22-26-11-9-23(2)10-12-26)30(34)16-14-25-13-15-28-29(21-25)37-19-18-36-28/h4-13,15,21,27H,3,14,16-20,22H2,1-2H3,(H,32,35)/t27-/m0/s1. The molecular weight excluding hydrogens is 464 g/mol. The summed E-state index contributed by atoms with van der Waals surface area (Å²) >= 11 is 0. The van der Waals surface area contributed by atoms with Crippen LogP contribution in [-0.4, -0.2) is 42.5 Å². The highest BCUT2D eigenvalue weighted by Crippen LogP contribution is 2.31. The van der Waals surface area contributed by atoms with Crippen LogP contribution in [-0.2, 0) is 29.0 Å². The van der Waals surface area contributed by atoms with Crippen LogP contribution in [0.15, 0.2) is 72.8 Å². The number of hydrogen-bond acceptors (Lipinski definition) is 4. The molecule has 0 fully saturated rings. The predicted molar refractivity (Wildman–Crippen MR) is 145 cm³/mol. The Morgan fingerprint density at radius 2 is 1.59 bits per heavy atom. The Kier molecular flexibility index (Phi) is 9.19. The second-order valence-corrected chi connectivity index (χ2v) is 9.48. The van der Waals surface area contributed by atoms with Crippen molar-refractivity contribution in [2.24, 2.45) is 0 Å². The van der Waals surface area contributed by atoms with Crippen molar-refractivity contribution in [2.75, 3.05) is 19.8 Å². The first kappa shape index (κ1) is 26.3. The second-order valence-electron chi connectivity index (χ2n) is 9.48. The summed E-state index contributed by atoms with van der Waals surface area (Å²) < 4.78 is 11.3. The molecule has 0 aliphatic carbocycles. The summed E-state index contributed by atoms with van der Waals surface area (Å²) in [7, 11) is 0. The third-order valence-corrected chi connectivity index (χ3v) is 6.53. The van der Waals surface area contributed by atoms with Crippen LogP contribution in [0.1, 0.15) is 42.0 Å². The number of rotatable bonds is 11. The molecule has 4 rings (SSSR count). The monoisotopic (exact) mass is 500 g/mol. The normalized spacial score (nSPS) is 13.0. The zero-order valence-corrected chi connectivity index (χ0v) is 21.7. The molecule has 0 aromatic heterocycles. The van der Waals surface area contributed by atoms with E-state index in [-0.39, 0.29) is 18.2 Å². The summed E-state index contributed by atoms with van der Waals surface area (Å²) in [6, 6.07) is 23.2. The van der Waals surface area contributed by atoms with Crippen molar-refractivity contribution in [3.8, 4) is 11.5 Å². The van der Waals surface area contributed by atoms with Crippen LogP contribution >= 0.6 is 0 Å². The number of fused-ring (bicyclic) bond motifs is 1. The van der Waals surface area contributed by atoms with Crippen molar-refractivity contribution in [1.82, 2.24) is 10.2 Å². The predicted octanol–water partition coefficient (Wildman–Crippen LogP) is 4.87. The van der Waals surface area contributed by atoms with E-state index < -0.39 is 6.04 Å². The zero-order chi connectivity index (χ0) is 26.0. The van der Waals surface area contributed by atoms with Crippen LogP contribution in [0.25, 0.3) is 0 Å². The zero-order valence-electron chi connectivity index (χ0n) is 21.7. The second kappa shape index (κ2) is 12.9. The largest absolute Gasteiger partial charge is 0.486 e. The van der Waals surface area contributed by atoms with Gasteiger partial charge in [0.15, 0.2) is 11.5 Å². The molecule has 3 aromatic carbocycles. The fourth-order valence-electron chi connectivity index (χ4n) is 4.45. The number of ether oxygens (including phenoxy) is 2. The maximum absolute atomic E-state index is 13.8. The Hall–Kier alpha value is -3.80. The van der Waals surface area contributed by atoms with Gasteiger partial charge < -0.3 is 19.7 Å². The van der Waals surface area contributed by atoms with Crippen molar-refractivity contribution in [3.05, 3.63) is 95.1 Å². The van der Waals surface area contributed by atoms with Crippen molar-refractivity contribution < 1.29 is 19.1 Å². The molecule has 0 radical (unpaired) electrons. The van der Waals surface area contributed by atoms with E-state index in [1.54, 1.807) is 4.90 Å². The average Bonchev–Trinajstić information content (AvgIpc) is 2.93. The quantitative estimate of drug-likeness (QED) is 0.408. The molecular formula is C31H36N2O4. The Morgan fingerprint density at radius 1 is 0.892 bits per heavy atom. The van der Waals surface area contributed by atoms with E-state index >= 15 is 0 Å². The van der Waals surface area contributed by atoms with Gasteiger partial charge in [-0.25, -0.2) is 0 Å². The first-order valence-corrected chi connectivity index (χ1v) is 13.1. The van der Waals surface area contributed by atoms with Gasteiger partial charge in [-0.2, -0.15) is 0 Å². The van der Waals surface area contributed by atoms with E-state index in [0.717, 1.165) is 34.4 Å². The molecule has 1 N–H and O–H groups in total. The molecule has 1 aliphatic heterocycles. The molecule has 2 amide bonds. The van der Waals surface area contributed by atoms with Gasteiger partial charge in [-0.3, -0.25) is 9.59 Å². The van der Waals surface area contributed by atoms with E-state index in [1.807, 2.05) is 86.6 Å². The molecule has 3 aromatic rings.